The van der Waals surface area contributed by atoms with Crippen molar-refractivity contribution in [3.05, 3.63) is 40.8 Å². The zero-order valence-corrected chi connectivity index (χ0v) is 11.5. The van der Waals surface area contributed by atoms with E-state index in [2.05, 4.69) is 23.8 Å². The molecule has 0 unspecified atom stereocenters. The highest BCUT2D eigenvalue weighted by Gasteiger charge is 2.14. The van der Waals surface area contributed by atoms with Gasteiger partial charge in [-0.15, -0.1) is 0 Å². The highest BCUT2D eigenvalue weighted by atomic mass is 32.1. The summed E-state index contributed by atoms with van der Waals surface area (Å²) in [5.41, 5.74) is 3.05. The van der Waals surface area contributed by atoms with Gasteiger partial charge in [0.05, 0.1) is 19.1 Å². The molecule has 0 radical (unpaired) electrons. The van der Waals surface area contributed by atoms with Crippen molar-refractivity contribution in [1.82, 2.24) is 9.97 Å². The lowest BCUT2D eigenvalue weighted by Crippen LogP contribution is -2.00. The minimum Gasteiger partial charge on any atom is -0.496 e. The molecule has 0 atom stereocenters. The van der Waals surface area contributed by atoms with Crippen LogP contribution in [0.1, 0.15) is 25.3 Å². The van der Waals surface area contributed by atoms with Crippen LogP contribution in [0.3, 0.4) is 0 Å². The van der Waals surface area contributed by atoms with Crippen molar-refractivity contribution < 1.29 is 4.74 Å². The van der Waals surface area contributed by atoms with Crippen LogP contribution in [0.2, 0.25) is 0 Å². The summed E-state index contributed by atoms with van der Waals surface area (Å²) in [4.78, 5) is 7.35. The van der Waals surface area contributed by atoms with Crippen molar-refractivity contribution >= 4 is 12.2 Å². The first-order chi connectivity index (χ1) is 8.65. The topological polar surface area (TPSA) is 37.9 Å². The van der Waals surface area contributed by atoms with Crippen molar-refractivity contribution in [2.45, 2.75) is 19.8 Å². The van der Waals surface area contributed by atoms with Crippen molar-refractivity contribution in [2.75, 3.05) is 7.11 Å². The number of aromatic nitrogens is 2. The second kappa shape index (κ2) is 5.31. The maximum absolute atomic E-state index is 5.40. The minimum atomic E-state index is 0.308. The summed E-state index contributed by atoms with van der Waals surface area (Å²) >= 11 is 5.32. The van der Waals surface area contributed by atoms with Crippen LogP contribution in [-0.4, -0.2) is 17.1 Å². The SMILES string of the molecule is COc1ccccc1-c1[nH]cnc(=S)c1C(C)C. The molecular formula is C14H16N2OS. The Labute approximate surface area is 112 Å². The van der Waals surface area contributed by atoms with Gasteiger partial charge in [-0.2, -0.15) is 0 Å². The Hall–Kier alpha value is -1.68. The highest BCUT2D eigenvalue weighted by Crippen LogP contribution is 2.33. The molecule has 2 rings (SSSR count). The number of aromatic amines is 1. The van der Waals surface area contributed by atoms with Crippen LogP contribution in [0.5, 0.6) is 5.75 Å². The Bertz CT molecular complexity index is 605. The molecule has 0 bridgehead atoms. The van der Waals surface area contributed by atoms with E-state index < -0.39 is 0 Å². The fraction of sp³-hybridized carbons (Fsp3) is 0.286. The molecule has 1 N–H and O–H groups in total. The molecule has 18 heavy (non-hydrogen) atoms. The van der Waals surface area contributed by atoms with Gasteiger partial charge in [-0.05, 0) is 18.1 Å². The van der Waals surface area contributed by atoms with E-state index in [9.17, 15) is 0 Å². The fourth-order valence-electron chi connectivity index (χ4n) is 2.02. The van der Waals surface area contributed by atoms with E-state index in [4.69, 9.17) is 17.0 Å². The van der Waals surface area contributed by atoms with Crippen molar-refractivity contribution in [1.29, 1.82) is 0 Å². The van der Waals surface area contributed by atoms with E-state index in [0.29, 0.717) is 10.6 Å². The molecule has 0 aliphatic carbocycles. The van der Waals surface area contributed by atoms with Crippen LogP contribution in [0.25, 0.3) is 11.3 Å². The van der Waals surface area contributed by atoms with E-state index >= 15 is 0 Å². The summed E-state index contributed by atoms with van der Waals surface area (Å²) in [5.74, 6) is 1.14. The predicted molar refractivity (Wildman–Crippen MR) is 75.5 cm³/mol. The average Bonchev–Trinajstić information content (AvgIpc) is 2.38. The number of rotatable bonds is 3. The third-order valence-corrected chi connectivity index (χ3v) is 3.17. The molecule has 3 nitrogen and oxygen atoms in total. The monoisotopic (exact) mass is 260 g/mol. The summed E-state index contributed by atoms with van der Waals surface area (Å²) in [7, 11) is 1.67. The summed E-state index contributed by atoms with van der Waals surface area (Å²) in [5, 5.41) is 0. The minimum absolute atomic E-state index is 0.308. The van der Waals surface area contributed by atoms with Gasteiger partial charge in [0.25, 0.3) is 0 Å². The summed E-state index contributed by atoms with van der Waals surface area (Å²) in [6.07, 6.45) is 1.63. The van der Waals surface area contributed by atoms with Crippen LogP contribution < -0.4 is 4.74 Å². The van der Waals surface area contributed by atoms with E-state index in [1.165, 1.54) is 0 Å². The van der Waals surface area contributed by atoms with Crippen LogP contribution >= 0.6 is 12.2 Å². The maximum Gasteiger partial charge on any atom is 0.133 e. The first kappa shape index (κ1) is 12.8. The van der Waals surface area contributed by atoms with Gasteiger partial charge in [0.1, 0.15) is 10.4 Å². The molecule has 0 aliphatic heterocycles. The summed E-state index contributed by atoms with van der Waals surface area (Å²) < 4.78 is 6.04. The Balaban J connectivity index is 2.71. The molecule has 1 aromatic heterocycles. The molecule has 0 aliphatic rings. The Kier molecular flexibility index (Phi) is 3.77. The number of hydrogen-bond acceptors (Lipinski definition) is 3. The van der Waals surface area contributed by atoms with Gasteiger partial charge in [0.2, 0.25) is 0 Å². The van der Waals surface area contributed by atoms with Gasteiger partial charge >= 0.3 is 0 Å². The standard InChI is InChI=1S/C14H16N2OS/c1-9(2)12-13(15-8-16-14(12)18)10-6-4-5-7-11(10)17-3/h4-9H,1-3H3,(H,15,16,18). The quantitative estimate of drug-likeness (QED) is 0.849. The Morgan fingerprint density at radius 2 is 2.00 bits per heavy atom. The van der Waals surface area contributed by atoms with E-state index in [-0.39, 0.29) is 0 Å². The van der Waals surface area contributed by atoms with Crippen LogP contribution in [0.15, 0.2) is 30.6 Å². The van der Waals surface area contributed by atoms with Crippen LogP contribution in [0, 0.1) is 4.64 Å². The molecule has 2 aromatic rings. The van der Waals surface area contributed by atoms with Gasteiger partial charge < -0.3 is 9.72 Å². The third kappa shape index (κ3) is 2.29. The first-order valence-corrected chi connectivity index (χ1v) is 6.27. The number of ether oxygens (including phenoxy) is 1. The lowest BCUT2D eigenvalue weighted by Gasteiger charge is -2.14. The van der Waals surface area contributed by atoms with Crippen molar-refractivity contribution in [3.63, 3.8) is 0 Å². The lowest BCUT2D eigenvalue weighted by atomic mass is 9.98. The zero-order chi connectivity index (χ0) is 13.1. The number of methoxy groups -OCH3 is 1. The van der Waals surface area contributed by atoms with Gasteiger partial charge in [-0.1, -0.05) is 38.2 Å². The third-order valence-electron chi connectivity index (χ3n) is 2.84. The average molecular weight is 260 g/mol. The molecular weight excluding hydrogens is 244 g/mol. The molecule has 0 fully saturated rings. The second-order valence-electron chi connectivity index (χ2n) is 4.35. The predicted octanol–water partition coefficient (Wildman–Crippen LogP) is 3.94. The van der Waals surface area contributed by atoms with Gasteiger partial charge in [0.15, 0.2) is 0 Å². The fourth-order valence-corrected chi connectivity index (χ4v) is 2.41. The van der Waals surface area contributed by atoms with Crippen LogP contribution in [0.4, 0.5) is 0 Å². The zero-order valence-electron chi connectivity index (χ0n) is 10.7. The molecule has 0 amide bonds. The first-order valence-electron chi connectivity index (χ1n) is 5.86. The molecule has 94 valence electrons. The largest absolute Gasteiger partial charge is 0.496 e. The normalized spacial score (nSPS) is 10.7. The smallest absolute Gasteiger partial charge is 0.133 e. The van der Waals surface area contributed by atoms with Gasteiger partial charge in [-0.3, -0.25) is 0 Å². The van der Waals surface area contributed by atoms with E-state index in [1.54, 1.807) is 13.4 Å². The van der Waals surface area contributed by atoms with E-state index in [1.807, 2.05) is 24.3 Å². The second-order valence-corrected chi connectivity index (χ2v) is 4.74. The number of nitrogens with zero attached hydrogens (tertiary/aromatic N) is 1. The molecule has 0 spiro atoms. The molecule has 0 saturated carbocycles. The number of H-pyrrole nitrogens is 1. The number of para-hydroxylation sites is 1. The van der Waals surface area contributed by atoms with Crippen LogP contribution in [-0.2, 0) is 0 Å². The summed E-state index contributed by atoms with van der Waals surface area (Å²) in [6, 6.07) is 7.90. The lowest BCUT2D eigenvalue weighted by molar-refractivity contribution is 0.416. The summed E-state index contributed by atoms with van der Waals surface area (Å²) in [6.45, 7) is 4.22. The Morgan fingerprint density at radius 1 is 1.28 bits per heavy atom. The van der Waals surface area contributed by atoms with Crippen molar-refractivity contribution in [2.24, 2.45) is 0 Å². The highest BCUT2D eigenvalue weighted by molar-refractivity contribution is 7.71. The Morgan fingerprint density at radius 3 is 2.67 bits per heavy atom. The molecule has 1 heterocycles. The molecule has 4 heteroatoms. The van der Waals surface area contributed by atoms with E-state index in [0.717, 1.165) is 22.6 Å². The van der Waals surface area contributed by atoms with Gasteiger partial charge in [-0.25, -0.2) is 4.98 Å². The van der Waals surface area contributed by atoms with Gasteiger partial charge in [0, 0.05) is 11.1 Å². The molecule has 0 saturated heterocycles. The maximum atomic E-state index is 5.40. The number of hydrogen-bond donors (Lipinski definition) is 1. The molecule has 1 aromatic carbocycles. The number of nitrogens with one attached hydrogen (secondary N) is 1. The van der Waals surface area contributed by atoms with Crippen molar-refractivity contribution in [3.8, 4) is 17.0 Å². The number of benzene rings is 1.